The predicted octanol–water partition coefficient (Wildman–Crippen LogP) is 3.98. The normalized spacial score (nSPS) is 15.8. The molecule has 1 atom stereocenters. The van der Waals surface area contributed by atoms with Crippen LogP contribution in [0.3, 0.4) is 0 Å². The van der Waals surface area contributed by atoms with Gasteiger partial charge >= 0.3 is 0 Å². The van der Waals surface area contributed by atoms with E-state index in [1.807, 2.05) is 0 Å². The minimum atomic E-state index is -0.311. The van der Waals surface area contributed by atoms with Gasteiger partial charge in [-0.1, -0.05) is 6.07 Å². The predicted molar refractivity (Wildman–Crippen MR) is 105 cm³/mol. The third-order valence-corrected chi connectivity index (χ3v) is 4.61. The molecule has 7 heteroatoms. The molecule has 4 rings (SSSR count). The van der Waals surface area contributed by atoms with Crippen LogP contribution >= 0.6 is 0 Å². The van der Waals surface area contributed by atoms with Gasteiger partial charge in [0.25, 0.3) is 5.91 Å². The number of carbonyl (C=O) groups is 1. The van der Waals surface area contributed by atoms with Crippen LogP contribution in [0.1, 0.15) is 23.2 Å². The Kier molecular flexibility index (Phi) is 5.76. The maximum Gasteiger partial charge on any atom is 0.251 e. The van der Waals surface area contributed by atoms with E-state index in [0.29, 0.717) is 29.4 Å². The molecule has 3 aromatic rings. The molecule has 0 bridgehead atoms. The van der Waals surface area contributed by atoms with Crippen LogP contribution in [0.2, 0.25) is 0 Å². The molecule has 0 radical (unpaired) electrons. The summed E-state index contributed by atoms with van der Waals surface area (Å²) in [7, 11) is 0. The van der Waals surface area contributed by atoms with Crippen LogP contribution in [0.4, 0.5) is 4.39 Å². The fourth-order valence-electron chi connectivity index (χ4n) is 3.11. The van der Waals surface area contributed by atoms with Gasteiger partial charge in [-0.15, -0.1) is 0 Å². The maximum atomic E-state index is 13.1. The average Bonchev–Trinajstić information content (AvgIpc) is 3.27. The molecule has 148 valence electrons. The quantitative estimate of drug-likeness (QED) is 0.686. The molecule has 6 nitrogen and oxygen atoms in total. The third kappa shape index (κ3) is 4.94. The molecule has 0 spiro atoms. The van der Waals surface area contributed by atoms with E-state index in [-0.39, 0.29) is 17.8 Å². The van der Waals surface area contributed by atoms with Crippen LogP contribution in [0.25, 0.3) is 11.3 Å². The lowest BCUT2D eigenvalue weighted by Crippen LogP contribution is -2.31. The van der Waals surface area contributed by atoms with Gasteiger partial charge in [0.2, 0.25) is 5.88 Å². The number of aromatic nitrogens is 2. The highest BCUT2D eigenvalue weighted by Crippen LogP contribution is 2.24. The molecule has 1 saturated heterocycles. The maximum absolute atomic E-state index is 13.1. The van der Waals surface area contributed by atoms with Crippen molar-refractivity contribution in [2.24, 2.45) is 0 Å². The fourth-order valence-corrected chi connectivity index (χ4v) is 3.11. The monoisotopic (exact) mass is 393 g/mol. The minimum absolute atomic E-state index is 0.0873. The van der Waals surface area contributed by atoms with Gasteiger partial charge in [0, 0.05) is 30.3 Å². The van der Waals surface area contributed by atoms with Crippen molar-refractivity contribution in [2.75, 3.05) is 13.2 Å². The Morgan fingerprint density at radius 1 is 1.17 bits per heavy atom. The van der Waals surface area contributed by atoms with E-state index in [4.69, 9.17) is 9.47 Å². The summed E-state index contributed by atoms with van der Waals surface area (Å²) < 4.78 is 24.4. The summed E-state index contributed by atoms with van der Waals surface area (Å²) in [5, 5.41) is 2.89. The Bertz CT molecular complexity index is 989. The lowest BCUT2D eigenvalue weighted by molar-refractivity contribution is 0.0857. The Labute approximate surface area is 167 Å². The topological polar surface area (TPSA) is 73.3 Å². The Morgan fingerprint density at radius 3 is 2.83 bits per heavy atom. The SMILES string of the molecule is O=C(NC[C@H]1CCCO1)c1cccc(Oc2cc(-c3ccc(F)cc3)ncn2)c1. The van der Waals surface area contributed by atoms with Gasteiger partial charge in [0.05, 0.1) is 11.8 Å². The molecule has 29 heavy (non-hydrogen) atoms. The number of carbonyl (C=O) groups excluding carboxylic acids is 1. The van der Waals surface area contributed by atoms with E-state index in [1.54, 1.807) is 42.5 Å². The van der Waals surface area contributed by atoms with Crippen molar-refractivity contribution in [1.82, 2.24) is 15.3 Å². The van der Waals surface area contributed by atoms with Crippen molar-refractivity contribution < 1.29 is 18.7 Å². The zero-order chi connectivity index (χ0) is 20.1. The second kappa shape index (κ2) is 8.79. The second-order valence-corrected chi connectivity index (χ2v) is 6.72. The highest BCUT2D eigenvalue weighted by molar-refractivity contribution is 5.94. The molecular weight excluding hydrogens is 373 g/mol. The zero-order valence-electron chi connectivity index (χ0n) is 15.7. The smallest absolute Gasteiger partial charge is 0.251 e. The number of nitrogens with zero attached hydrogens (tertiary/aromatic N) is 2. The van der Waals surface area contributed by atoms with Crippen LogP contribution in [-0.4, -0.2) is 35.1 Å². The Morgan fingerprint density at radius 2 is 2.03 bits per heavy atom. The Hall–Kier alpha value is -3.32. The van der Waals surface area contributed by atoms with Crippen molar-refractivity contribution in [2.45, 2.75) is 18.9 Å². The van der Waals surface area contributed by atoms with Crippen LogP contribution in [-0.2, 0) is 4.74 Å². The van der Waals surface area contributed by atoms with Gasteiger partial charge in [-0.2, -0.15) is 0 Å². The van der Waals surface area contributed by atoms with Gasteiger partial charge in [-0.25, -0.2) is 14.4 Å². The number of amides is 1. The molecule has 1 amide bonds. The lowest BCUT2D eigenvalue weighted by atomic mass is 10.1. The molecule has 0 aliphatic carbocycles. The van der Waals surface area contributed by atoms with Crippen LogP contribution in [0, 0.1) is 5.82 Å². The van der Waals surface area contributed by atoms with E-state index in [0.717, 1.165) is 25.0 Å². The van der Waals surface area contributed by atoms with Gasteiger partial charge < -0.3 is 14.8 Å². The zero-order valence-corrected chi connectivity index (χ0v) is 15.7. The molecular formula is C22H20FN3O3. The first-order chi connectivity index (χ1) is 14.2. The molecule has 2 heterocycles. The van der Waals surface area contributed by atoms with Crippen LogP contribution in [0.5, 0.6) is 11.6 Å². The fraction of sp³-hybridized carbons (Fsp3) is 0.227. The minimum Gasteiger partial charge on any atom is -0.439 e. The molecule has 1 aliphatic rings. The van der Waals surface area contributed by atoms with E-state index in [9.17, 15) is 9.18 Å². The first-order valence-electron chi connectivity index (χ1n) is 9.43. The van der Waals surface area contributed by atoms with E-state index < -0.39 is 0 Å². The van der Waals surface area contributed by atoms with Crippen molar-refractivity contribution in [3.8, 4) is 22.9 Å². The number of nitrogens with one attached hydrogen (secondary N) is 1. The summed E-state index contributed by atoms with van der Waals surface area (Å²) in [6, 6.07) is 14.6. The summed E-state index contributed by atoms with van der Waals surface area (Å²) in [5.74, 6) is 0.323. The number of ether oxygens (including phenoxy) is 2. The van der Waals surface area contributed by atoms with E-state index in [2.05, 4.69) is 15.3 Å². The first-order valence-corrected chi connectivity index (χ1v) is 9.43. The number of hydrogen-bond acceptors (Lipinski definition) is 5. The number of hydrogen-bond donors (Lipinski definition) is 1. The van der Waals surface area contributed by atoms with Crippen LogP contribution < -0.4 is 10.1 Å². The molecule has 1 aliphatic heterocycles. The Balaban J connectivity index is 1.44. The highest BCUT2D eigenvalue weighted by atomic mass is 19.1. The lowest BCUT2D eigenvalue weighted by Gasteiger charge is -2.11. The molecule has 1 N–H and O–H groups in total. The van der Waals surface area contributed by atoms with E-state index >= 15 is 0 Å². The standard InChI is InChI=1S/C22H20FN3O3/c23-17-8-6-15(7-9-17)20-12-21(26-14-25-20)29-18-4-1-3-16(11-18)22(27)24-13-19-5-2-10-28-19/h1,3-4,6-9,11-12,14,19H,2,5,10,13H2,(H,24,27)/t19-/m1/s1. The molecule has 0 saturated carbocycles. The van der Waals surface area contributed by atoms with Gasteiger partial charge in [0.1, 0.15) is 17.9 Å². The second-order valence-electron chi connectivity index (χ2n) is 6.72. The summed E-state index contributed by atoms with van der Waals surface area (Å²) in [6.07, 6.45) is 3.46. The van der Waals surface area contributed by atoms with Crippen molar-refractivity contribution >= 4 is 5.91 Å². The number of halogens is 1. The van der Waals surface area contributed by atoms with E-state index in [1.165, 1.54) is 18.5 Å². The third-order valence-electron chi connectivity index (χ3n) is 4.61. The largest absolute Gasteiger partial charge is 0.439 e. The molecule has 1 fully saturated rings. The van der Waals surface area contributed by atoms with Gasteiger partial charge in [-0.3, -0.25) is 4.79 Å². The molecule has 0 unspecified atom stereocenters. The van der Waals surface area contributed by atoms with Gasteiger partial charge in [-0.05, 0) is 55.3 Å². The van der Waals surface area contributed by atoms with Gasteiger partial charge in [0.15, 0.2) is 0 Å². The number of benzene rings is 2. The summed E-state index contributed by atoms with van der Waals surface area (Å²) in [4.78, 5) is 20.7. The van der Waals surface area contributed by atoms with Crippen molar-refractivity contribution in [3.63, 3.8) is 0 Å². The van der Waals surface area contributed by atoms with Crippen LogP contribution in [0.15, 0.2) is 60.9 Å². The average molecular weight is 393 g/mol. The molecule has 2 aromatic carbocycles. The highest BCUT2D eigenvalue weighted by Gasteiger charge is 2.17. The first kappa shape index (κ1) is 19.0. The summed E-state index contributed by atoms with van der Waals surface area (Å²) in [5.41, 5.74) is 1.86. The van der Waals surface area contributed by atoms with Crippen molar-refractivity contribution in [3.05, 3.63) is 72.3 Å². The summed E-state index contributed by atoms with van der Waals surface area (Å²) >= 11 is 0. The summed E-state index contributed by atoms with van der Waals surface area (Å²) in [6.45, 7) is 1.25. The number of rotatable bonds is 6. The van der Waals surface area contributed by atoms with Crippen molar-refractivity contribution in [1.29, 1.82) is 0 Å². The molecule has 1 aromatic heterocycles.